The lowest BCUT2D eigenvalue weighted by Crippen LogP contribution is -2.06. The highest BCUT2D eigenvalue weighted by Crippen LogP contribution is 2.39. The number of hydrogen-bond donors (Lipinski definition) is 1. The Bertz CT molecular complexity index is 820. The summed E-state index contributed by atoms with van der Waals surface area (Å²) in [5.74, 6) is 1.26. The minimum absolute atomic E-state index is 0.127. The second kappa shape index (κ2) is 5.09. The first-order valence-electron chi connectivity index (χ1n) is 7.75. The van der Waals surface area contributed by atoms with Gasteiger partial charge in [0.05, 0.1) is 5.69 Å². The third-order valence-electron chi connectivity index (χ3n) is 4.51. The average Bonchev–Trinajstić information content (AvgIpc) is 3.15. The van der Waals surface area contributed by atoms with Gasteiger partial charge in [0, 0.05) is 11.5 Å². The maximum absolute atomic E-state index is 10.4. The zero-order valence-electron chi connectivity index (χ0n) is 12.5. The highest BCUT2D eigenvalue weighted by molar-refractivity contribution is 5.74. The highest BCUT2D eigenvalue weighted by Gasteiger charge is 2.27. The Kier molecular flexibility index (Phi) is 3.06. The number of aromatic hydroxyl groups is 1. The minimum atomic E-state index is 0.127. The third kappa shape index (κ3) is 1.96. The number of aryl methyl sites for hydroxylation is 1. The molecule has 2 heterocycles. The van der Waals surface area contributed by atoms with Gasteiger partial charge in [0.2, 0.25) is 5.88 Å². The lowest BCUT2D eigenvalue weighted by molar-refractivity contribution is 0.441. The number of aromatic nitrogens is 4. The monoisotopic (exact) mass is 294 g/mol. The minimum Gasteiger partial charge on any atom is -0.492 e. The number of benzene rings is 1. The molecule has 2 aromatic heterocycles. The van der Waals surface area contributed by atoms with Gasteiger partial charge in [-0.1, -0.05) is 43.2 Å². The van der Waals surface area contributed by atoms with E-state index in [2.05, 4.69) is 15.2 Å². The molecule has 1 aliphatic carbocycles. The standard InChI is InChI=1S/C17H18N4O/c1-11-19-20-14(12-7-3-2-4-8-12)16-18-17(22)15(21(11)16)13-9-5-6-10-13/h2-4,7-8,13,22H,5-6,9-10H2,1H3. The molecule has 4 rings (SSSR count). The molecule has 0 radical (unpaired) electrons. The second-order valence-electron chi connectivity index (χ2n) is 5.92. The van der Waals surface area contributed by atoms with Crippen molar-refractivity contribution < 1.29 is 5.11 Å². The van der Waals surface area contributed by atoms with Crippen molar-refractivity contribution in [3.63, 3.8) is 0 Å². The number of rotatable bonds is 2. The first-order chi connectivity index (χ1) is 10.8. The largest absolute Gasteiger partial charge is 0.492 e. The van der Waals surface area contributed by atoms with E-state index in [9.17, 15) is 5.11 Å². The SMILES string of the molecule is Cc1nnc(-c2ccccc2)c2nc(O)c(C3CCCC3)n12. The summed E-state index contributed by atoms with van der Waals surface area (Å²) in [5, 5.41) is 19.0. The smallest absolute Gasteiger partial charge is 0.233 e. The van der Waals surface area contributed by atoms with Crippen LogP contribution in [-0.4, -0.2) is 24.7 Å². The van der Waals surface area contributed by atoms with Crippen molar-refractivity contribution in [3.8, 4) is 17.1 Å². The fourth-order valence-corrected chi connectivity index (χ4v) is 3.47. The van der Waals surface area contributed by atoms with E-state index < -0.39 is 0 Å². The van der Waals surface area contributed by atoms with Gasteiger partial charge >= 0.3 is 0 Å². The summed E-state index contributed by atoms with van der Waals surface area (Å²) in [6.45, 7) is 1.91. The van der Waals surface area contributed by atoms with Crippen LogP contribution in [0.5, 0.6) is 5.88 Å². The summed E-state index contributed by atoms with van der Waals surface area (Å²) >= 11 is 0. The predicted molar refractivity (Wildman–Crippen MR) is 83.8 cm³/mol. The Morgan fingerprint density at radius 1 is 1.09 bits per heavy atom. The van der Waals surface area contributed by atoms with Crippen molar-refractivity contribution in [2.75, 3.05) is 0 Å². The molecule has 22 heavy (non-hydrogen) atoms. The summed E-state index contributed by atoms with van der Waals surface area (Å²) < 4.78 is 1.99. The van der Waals surface area contributed by atoms with Crippen LogP contribution in [0, 0.1) is 6.92 Å². The van der Waals surface area contributed by atoms with Gasteiger partial charge in [0.15, 0.2) is 5.65 Å². The Morgan fingerprint density at radius 3 is 2.55 bits per heavy atom. The summed E-state index contributed by atoms with van der Waals surface area (Å²) in [5.41, 5.74) is 3.27. The molecule has 1 N–H and O–H groups in total. The van der Waals surface area contributed by atoms with Crippen molar-refractivity contribution >= 4 is 5.65 Å². The molecule has 1 fully saturated rings. The molecule has 0 bridgehead atoms. The number of hydrogen-bond acceptors (Lipinski definition) is 4. The van der Waals surface area contributed by atoms with E-state index in [0.29, 0.717) is 17.3 Å². The van der Waals surface area contributed by atoms with E-state index in [1.165, 1.54) is 12.8 Å². The second-order valence-corrected chi connectivity index (χ2v) is 5.92. The molecule has 112 valence electrons. The van der Waals surface area contributed by atoms with E-state index in [1.54, 1.807) is 0 Å². The zero-order chi connectivity index (χ0) is 15.1. The Labute approximate surface area is 128 Å². The van der Waals surface area contributed by atoms with E-state index in [0.717, 1.165) is 29.9 Å². The van der Waals surface area contributed by atoms with Crippen LogP contribution < -0.4 is 0 Å². The van der Waals surface area contributed by atoms with Crippen molar-refractivity contribution in [1.29, 1.82) is 0 Å². The van der Waals surface area contributed by atoms with Crippen LogP contribution in [-0.2, 0) is 0 Å². The molecule has 3 aromatic rings. The van der Waals surface area contributed by atoms with Crippen molar-refractivity contribution in [2.24, 2.45) is 0 Å². The average molecular weight is 294 g/mol. The molecular weight excluding hydrogens is 276 g/mol. The topological polar surface area (TPSA) is 63.3 Å². The molecule has 5 heteroatoms. The van der Waals surface area contributed by atoms with Crippen LogP contribution >= 0.6 is 0 Å². The lowest BCUT2D eigenvalue weighted by Gasteiger charge is -2.11. The molecule has 1 aromatic carbocycles. The van der Waals surface area contributed by atoms with Crippen LogP contribution in [0.25, 0.3) is 16.9 Å². The number of nitrogens with zero attached hydrogens (tertiary/aromatic N) is 4. The molecule has 0 saturated heterocycles. The number of imidazole rings is 1. The van der Waals surface area contributed by atoms with E-state index in [4.69, 9.17) is 0 Å². The summed E-state index contributed by atoms with van der Waals surface area (Å²) in [6.07, 6.45) is 4.62. The van der Waals surface area contributed by atoms with Gasteiger partial charge in [-0.3, -0.25) is 4.40 Å². The normalized spacial score (nSPS) is 15.7. The molecule has 1 saturated carbocycles. The predicted octanol–water partition coefficient (Wildman–Crippen LogP) is 3.46. The van der Waals surface area contributed by atoms with Gasteiger partial charge in [-0.05, 0) is 19.8 Å². The van der Waals surface area contributed by atoms with Crippen LogP contribution in [0.4, 0.5) is 0 Å². The van der Waals surface area contributed by atoms with E-state index in [-0.39, 0.29) is 5.88 Å². The summed E-state index contributed by atoms with van der Waals surface area (Å²) in [4.78, 5) is 4.41. The Balaban J connectivity index is 1.98. The summed E-state index contributed by atoms with van der Waals surface area (Å²) in [7, 11) is 0. The molecule has 0 aliphatic heterocycles. The fraction of sp³-hybridized carbons (Fsp3) is 0.353. The summed E-state index contributed by atoms with van der Waals surface area (Å²) in [6, 6.07) is 9.87. The van der Waals surface area contributed by atoms with Crippen molar-refractivity contribution in [1.82, 2.24) is 19.6 Å². The zero-order valence-corrected chi connectivity index (χ0v) is 12.5. The first-order valence-corrected chi connectivity index (χ1v) is 7.75. The van der Waals surface area contributed by atoms with Crippen LogP contribution in [0.15, 0.2) is 30.3 Å². The highest BCUT2D eigenvalue weighted by atomic mass is 16.3. The van der Waals surface area contributed by atoms with Gasteiger partial charge in [0.1, 0.15) is 11.5 Å². The van der Waals surface area contributed by atoms with Crippen molar-refractivity contribution in [3.05, 3.63) is 41.9 Å². The lowest BCUT2D eigenvalue weighted by atomic mass is 10.0. The van der Waals surface area contributed by atoms with Crippen LogP contribution in [0.1, 0.15) is 43.1 Å². The first kappa shape index (κ1) is 13.2. The van der Waals surface area contributed by atoms with Crippen LogP contribution in [0.2, 0.25) is 0 Å². The van der Waals surface area contributed by atoms with Gasteiger partial charge in [-0.2, -0.15) is 4.98 Å². The van der Waals surface area contributed by atoms with Gasteiger partial charge in [0.25, 0.3) is 0 Å². The Morgan fingerprint density at radius 2 is 1.82 bits per heavy atom. The molecule has 0 spiro atoms. The Hall–Kier alpha value is -2.43. The molecule has 0 atom stereocenters. The molecule has 0 amide bonds. The quantitative estimate of drug-likeness (QED) is 0.786. The van der Waals surface area contributed by atoms with E-state index in [1.807, 2.05) is 41.7 Å². The van der Waals surface area contributed by atoms with Crippen molar-refractivity contribution in [2.45, 2.75) is 38.5 Å². The van der Waals surface area contributed by atoms with Gasteiger partial charge < -0.3 is 5.11 Å². The van der Waals surface area contributed by atoms with E-state index >= 15 is 0 Å². The van der Waals surface area contributed by atoms with Gasteiger partial charge in [-0.15, -0.1) is 10.2 Å². The van der Waals surface area contributed by atoms with Gasteiger partial charge in [-0.25, -0.2) is 0 Å². The van der Waals surface area contributed by atoms with Crippen LogP contribution in [0.3, 0.4) is 0 Å². The number of fused-ring (bicyclic) bond motifs is 1. The molecule has 0 unspecified atom stereocenters. The molecule has 1 aliphatic rings. The third-order valence-corrected chi connectivity index (χ3v) is 4.51. The fourth-order valence-electron chi connectivity index (χ4n) is 3.47. The molecule has 5 nitrogen and oxygen atoms in total. The maximum Gasteiger partial charge on any atom is 0.233 e. The maximum atomic E-state index is 10.4. The molecular formula is C17H18N4O.